The second-order valence-electron chi connectivity index (χ2n) is 7.18. The number of hydrogen-bond acceptors (Lipinski definition) is 2. The van der Waals surface area contributed by atoms with Gasteiger partial charge >= 0.3 is 0 Å². The van der Waals surface area contributed by atoms with E-state index < -0.39 is 5.60 Å². The van der Waals surface area contributed by atoms with E-state index in [9.17, 15) is 9.90 Å². The zero-order valence-corrected chi connectivity index (χ0v) is 13.2. The first kappa shape index (κ1) is 15.8. The monoisotopic (exact) mass is 281 g/mol. The second kappa shape index (κ2) is 6.93. The normalized spacial score (nSPS) is 30.2. The Morgan fingerprint density at radius 2 is 1.80 bits per heavy atom. The first-order valence-electron chi connectivity index (χ1n) is 8.53. The molecule has 1 aliphatic carbocycles. The Labute approximate surface area is 123 Å². The standard InChI is InChI=1S/C17H31NO2/c1-3-4-5-14-6-8-15(9-7-14)16(19)18-12-10-17(2,20)11-13-18/h14-15,20H,3-13H2,1-2H3. The van der Waals surface area contributed by atoms with Gasteiger partial charge in [-0.3, -0.25) is 4.79 Å². The Morgan fingerprint density at radius 3 is 2.35 bits per heavy atom. The molecule has 20 heavy (non-hydrogen) atoms. The summed E-state index contributed by atoms with van der Waals surface area (Å²) in [6, 6.07) is 0. The molecule has 0 aromatic heterocycles. The van der Waals surface area contributed by atoms with Gasteiger partial charge in [-0.15, -0.1) is 0 Å². The molecule has 1 heterocycles. The molecule has 2 fully saturated rings. The fourth-order valence-corrected chi connectivity index (χ4v) is 3.66. The van der Waals surface area contributed by atoms with Crippen LogP contribution >= 0.6 is 0 Å². The van der Waals surface area contributed by atoms with Crippen LogP contribution in [0.1, 0.15) is 71.6 Å². The molecular weight excluding hydrogens is 250 g/mol. The maximum Gasteiger partial charge on any atom is 0.225 e. The lowest BCUT2D eigenvalue weighted by Crippen LogP contribution is -2.47. The Balaban J connectivity index is 1.75. The largest absolute Gasteiger partial charge is 0.390 e. The first-order chi connectivity index (χ1) is 9.52. The molecule has 2 aliphatic rings. The summed E-state index contributed by atoms with van der Waals surface area (Å²) in [7, 11) is 0. The van der Waals surface area contributed by atoms with Gasteiger partial charge in [0.25, 0.3) is 0 Å². The third-order valence-corrected chi connectivity index (χ3v) is 5.31. The SMILES string of the molecule is CCCCC1CCC(C(=O)N2CCC(C)(O)CC2)CC1. The summed E-state index contributed by atoms with van der Waals surface area (Å²) in [4.78, 5) is 14.5. The molecule has 3 heteroatoms. The lowest BCUT2D eigenvalue weighted by atomic mass is 9.79. The van der Waals surface area contributed by atoms with E-state index >= 15 is 0 Å². The summed E-state index contributed by atoms with van der Waals surface area (Å²) in [5.41, 5.74) is -0.561. The number of nitrogens with zero attached hydrogens (tertiary/aromatic N) is 1. The fourth-order valence-electron chi connectivity index (χ4n) is 3.66. The Morgan fingerprint density at radius 1 is 1.20 bits per heavy atom. The Kier molecular flexibility index (Phi) is 5.48. The highest BCUT2D eigenvalue weighted by atomic mass is 16.3. The van der Waals surface area contributed by atoms with Gasteiger partial charge in [0.1, 0.15) is 0 Å². The van der Waals surface area contributed by atoms with Gasteiger partial charge < -0.3 is 10.0 Å². The summed E-state index contributed by atoms with van der Waals surface area (Å²) in [5, 5.41) is 9.96. The van der Waals surface area contributed by atoms with E-state index in [1.807, 2.05) is 11.8 Å². The van der Waals surface area contributed by atoms with Gasteiger partial charge in [-0.05, 0) is 51.4 Å². The Hall–Kier alpha value is -0.570. The molecule has 3 nitrogen and oxygen atoms in total. The molecule has 1 saturated carbocycles. The van der Waals surface area contributed by atoms with Crippen molar-refractivity contribution in [1.29, 1.82) is 0 Å². The Bertz CT molecular complexity index is 309. The third kappa shape index (κ3) is 4.21. The predicted octanol–water partition coefficient (Wildman–Crippen LogP) is 3.36. The lowest BCUT2D eigenvalue weighted by Gasteiger charge is -2.38. The van der Waals surface area contributed by atoms with E-state index in [2.05, 4.69) is 6.92 Å². The van der Waals surface area contributed by atoms with Crippen LogP contribution in [0.25, 0.3) is 0 Å². The van der Waals surface area contributed by atoms with Gasteiger partial charge in [0.05, 0.1) is 5.60 Å². The van der Waals surface area contributed by atoms with Gasteiger partial charge in [-0.25, -0.2) is 0 Å². The predicted molar refractivity (Wildman–Crippen MR) is 81.4 cm³/mol. The molecular formula is C17H31NO2. The van der Waals surface area contributed by atoms with Gasteiger partial charge in [0, 0.05) is 19.0 Å². The summed E-state index contributed by atoms with van der Waals surface area (Å²) >= 11 is 0. The van der Waals surface area contributed by atoms with Crippen LogP contribution < -0.4 is 0 Å². The zero-order valence-electron chi connectivity index (χ0n) is 13.2. The minimum atomic E-state index is -0.561. The number of likely N-dealkylation sites (tertiary alicyclic amines) is 1. The number of amides is 1. The van der Waals surface area contributed by atoms with Gasteiger partial charge in [-0.2, -0.15) is 0 Å². The summed E-state index contributed by atoms with van der Waals surface area (Å²) in [5.74, 6) is 1.48. The van der Waals surface area contributed by atoms with E-state index in [0.29, 0.717) is 5.91 Å². The molecule has 2 rings (SSSR count). The molecule has 0 aromatic carbocycles. The van der Waals surface area contributed by atoms with E-state index in [4.69, 9.17) is 0 Å². The van der Waals surface area contributed by atoms with Crippen molar-refractivity contribution >= 4 is 5.91 Å². The molecule has 0 atom stereocenters. The number of aliphatic hydroxyl groups is 1. The van der Waals surface area contributed by atoms with E-state index in [0.717, 1.165) is 44.7 Å². The van der Waals surface area contributed by atoms with Crippen LogP contribution in [0.15, 0.2) is 0 Å². The van der Waals surface area contributed by atoms with Crippen LogP contribution in [-0.4, -0.2) is 34.6 Å². The highest BCUT2D eigenvalue weighted by Gasteiger charge is 2.34. The zero-order chi connectivity index (χ0) is 14.6. The lowest BCUT2D eigenvalue weighted by molar-refractivity contribution is -0.140. The van der Waals surface area contributed by atoms with Crippen molar-refractivity contribution in [3.63, 3.8) is 0 Å². The van der Waals surface area contributed by atoms with Crippen LogP contribution in [0.5, 0.6) is 0 Å². The average molecular weight is 281 g/mol. The molecule has 0 bridgehead atoms. The molecule has 0 radical (unpaired) electrons. The molecule has 0 spiro atoms. The maximum atomic E-state index is 12.5. The van der Waals surface area contributed by atoms with Crippen molar-refractivity contribution in [3.8, 4) is 0 Å². The van der Waals surface area contributed by atoms with E-state index in [1.165, 1.54) is 32.1 Å². The number of piperidine rings is 1. The van der Waals surface area contributed by atoms with Crippen molar-refractivity contribution in [1.82, 2.24) is 4.90 Å². The average Bonchev–Trinajstić information content (AvgIpc) is 2.45. The van der Waals surface area contributed by atoms with Crippen LogP contribution in [0.2, 0.25) is 0 Å². The van der Waals surface area contributed by atoms with Gasteiger partial charge in [-0.1, -0.05) is 26.2 Å². The molecule has 1 N–H and O–H groups in total. The molecule has 1 aliphatic heterocycles. The van der Waals surface area contributed by atoms with Crippen molar-refractivity contribution in [2.24, 2.45) is 11.8 Å². The van der Waals surface area contributed by atoms with Crippen molar-refractivity contribution in [3.05, 3.63) is 0 Å². The molecule has 0 unspecified atom stereocenters. The number of hydrogen-bond donors (Lipinski definition) is 1. The quantitative estimate of drug-likeness (QED) is 0.858. The third-order valence-electron chi connectivity index (χ3n) is 5.31. The minimum Gasteiger partial charge on any atom is -0.390 e. The molecule has 0 aromatic rings. The molecule has 116 valence electrons. The minimum absolute atomic E-state index is 0.260. The number of rotatable bonds is 4. The van der Waals surface area contributed by atoms with E-state index in [-0.39, 0.29) is 5.92 Å². The smallest absolute Gasteiger partial charge is 0.225 e. The number of carbonyl (C=O) groups is 1. The van der Waals surface area contributed by atoms with Crippen molar-refractivity contribution in [2.45, 2.75) is 77.2 Å². The van der Waals surface area contributed by atoms with Crippen LogP contribution in [0.3, 0.4) is 0 Å². The first-order valence-corrected chi connectivity index (χ1v) is 8.53. The fraction of sp³-hybridized carbons (Fsp3) is 0.941. The highest BCUT2D eigenvalue weighted by Crippen LogP contribution is 2.33. The highest BCUT2D eigenvalue weighted by molar-refractivity contribution is 5.79. The molecule has 1 amide bonds. The van der Waals surface area contributed by atoms with Crippen LogP contribution in [0.4, 0.5) is 0 Å². The van der Waals surface area contributed by atoms with Crippen molar-refractivity contribution < 1.29 is 9.90 Å². The summed E-state index contributed by atoms with van der Waals surface area (Å²) < 4.78 is 0. The second-order valence-corrected chi connectivity index (χ2v) is 7.18. The van der Waals surface area contributed by atoms with Gasteiger partial charge in [0.15, 0.2) is 0 Å². The maximum absolute atomic E-state index is 12.5. The van der Waals surface area contributed by atoms with Crippen molar-refractivity contribution in [2.75, 3.05) is 13.1 Å². The van der Waals surface area contributed by atoms with Crippen LogP contribution in [-0.2, 0) is 4.79 Å². The van der Waals surface area contributed by atoms with Gasteiger partial charge in [0.2, 0.25) is 5.91 Å². The number of unbranched alkanes of at least 4 members (excludes halogenated alkanes) is 1. The summed E-state index contributed by atoms with van der Waals surface area (Å²) in [6.45, 7) is 5.61. The molecule has 1 saturated heterocycles. The van der Waals surface area contributed by atoms with Crippen LogP contribution in [0, 0.1) is 11.8 Å². The topological polar surface area (TPSA) is 40.5 Å². The van der Waals surface area contributed by atoms with E-state index in [1.54, 1.807) is 0 Å². The number of carbonyl (C=O) groups excluding carboxylic acids is 1. The summed E-state index contributed by atoms with van der Waals surface area (Å²) in [6.07, 6.45) is 10.1.